The molecule has 1 fully saturated rings. The molecule has 16 heavy (non-hydrogen) atoms. The fourth-order valence-electron chi connectivity index (χ4n) is 1.73. The highest BCUT2D eigenvalue weighted by molar-refractivity contribution is 7.13. The molecule has 0 aliphatic heterocycles. The molecule has 6 heteroatoms. The second kappa shape index (κ2) is 3.86. The van der Waals surface area contributed by atoms with Crippen molar-refractivity contribution < 1.29 is 4.52 Å². The van der Waals surface area contributed by atoms with Crippen molar-refractivity contribution in [2.45, 2.75) is 31.6 Å². The molecule has 0 amide bonds. The Kier molecular flexibility index (Phi) is 2.36. The molecule has 0 aromatic carbocycles. The first-order valence-corrected chi connectivity index (χ1v) is 6.21. The number of rotatable bonds is 3. The van der Waals surface area contributed by atoms with Gasteiger partial charge in [0.2, 0.25) is 5.89 Å². The number of thiazole rings is 1. The Labute approximate surface area is 96.7 Å². The molecule has 0 atom stereocenters. The zero-order valence-corrected chi connectivity index (χ0v) is 9.54. The minimum atomic E-state index is 0.512. The van der Waals surface area contributed by atoms with Gasteiger partial charge in [-0.05, 0) is 12.8 Å². The van der Waals surface area contributed by atoms with Crippen LogP contribution in [0.3, 0.4) is 0 Å². The van der Waals surface area contributed by atoms with Gasteiger partial charge >= 0.3 is 0 Å². The second-order valence-electron chi connectivity index (χ2n) is 4.03. The molecule has 1 aliphatic rings. The summed E-state index contributed by atoms with van der Waals surface area (Å²) in [6.45, 7) is 0. The Hall–Kier alpha value is -1.43. The van der Waals surface area contributed by atoms with Gasteiger partial charge < -0.3 is 10.3 Å². The first-order chi connectivity index (χ1) is 7.81. The maximum absolute atomic E-state index is 5.56. The lowest BCUT2D eigenvalue weighted by atomic mass is 9.85. The topological polar surface area (TPSA) is 77.8 Å². The molecule has 0 radical (unpaired) electrons. The van der Waals surface area contributed by atoms with Gasteiger partial charge in [-0.25, -0.2) is 4.98 Å². The number of aromatic nitrogens is 3. The van der Waals surface area contributed by atoms with Crippen molar-refractivity contribution in [1.29, 1.82) is 0 Å². The number of nitrogens with zero attached hydrogens (tertiary/aromatic N) is 3. The Balaban J connectivity index is 1.72. The van der Waals surface area contributed by atoms with E-state index in [1.165, 1.54) is 30.6 Å². The van der Waals surface area contributed by atoms with Crippen LogP contribution in [0.2, 0.25) is 0 Å². The zero-order chi connectivity index (χ0) is 11.0. The van der Waals surface area contributed by atoms with Crippen LogP contribution in [0.5, 0.6) is 0 Å². The lowest BCUT2D eigenvalue weighted by molar-refractivity contribution is 0.350. The van der Waals surface area contributed by atoms with Gasteiger partial charge in [-0.1, -0.05) is 11.6 Å². The highest BCUT2D eigenvalue weighted by atomic mass is 32.1. The fourth-order valence-corrected chi connectivity index (χ4v) is 2.29. The van der Waals surface area contributed by atoms with Gasteiger partial charge in [-0.3, -0.25) is 0 Å². The van der Waals surface area contributed by atoms with Crippen LogP contribution >= 0.6 is 11.3 Å². The van der Waals surface area contributed by atoms with E-state index in [9.17, 15) is 0 Å². The molecule has 3 rings (SSSR count). The predicted molar refractivity (Wildman–Crippen MR) is 60.2 cm³/mol. The smallest absolute Gasteiger partial charge is 0.232 e. The van der Waals surface area contributed by atoms with Crippen LogP contribution < -0.4 is 5.73 Å². The predicted octanol–water partition coefficient (Wildman–Crippen LogP) is 1.97. The third-order valence-electron chi connectivity index (χ3n) is 2.86. The number of anilines is 1. The summed E-state index contributed by atoms with van der Waals surface area (Å²) in [4.78, 5) is 8.55. The minimum absolute atomic E-state index is 0.512. The van der Waals surface area contributed by atoms with E-state index in [1.54, 1.807) is 0 Å². The average Bonchev–Trinajstić information content (AvgIpc) is 2.74. The van der Waals surface area contributed by atoms with Crippen LogP contribution in [0, 0.1) is 0 Å². The van der Waals surface area contributed by atoms with Crippen LogP contribution in [0.25, 0.3) is 0 Å². The number of nitrogen functional groups attached to an aromatic ring is 1. The lowest BCUT2D eigenvalue weighted by Gasteiger charge is -2.20. The average molecular weight is 236 g/mol. The third-order valence-corrected chi connectivity index (χ3v) is 3.58. The normalized spacial score (nSPS) is 16.2. The molecule has 0 saturated heterocycles. The van der Waals surface area contributed by atoms with Crippen LogP contribution in [-0.2, 0) is 6.42 Å². The molecule has 0 unspecified atom stereocenters. The van der Waals surface area contributed by atoms with Crippen molar-refractivity contribution in [3.63, 3.8) is 0 Å². The van der Waals surface area contributed by atoms with Gasteiger partial charge in [0.05, 0.1) is 12.1 Å². The second-order valence-corrected chi connectivity index (χ2v) is 4.92. The first-order valence-electron chi connectivity index (χ1n) is 5.33. The number of hydrogen-bond acceptors (Lipinski definition) is 6. The maximum atomic E-state index is 5.56. The van der Waals surface area contributed by atoms with Crippen LogP contribution in [-0.4, -0.2) is 15.1 Å². The summed E-state index contributed by atoms with van der Waals surface area (Å²) in [7, 11) is 0. The summed E-state index contributed by atoms with van der Waals surface area (Å²) >= 11 is 1.43. The van der Waals surface area contributed by atoms with Gasteiger partial charge in [-0.15, -0.1) is 11.3 Å². The first kappa shape index (κ1) is 9.77. The van der Waals surface area contributed by atoms with Crippen molar-refractivity contribution in [3.05, 3.63) is 22.8 Å². The molecule has 2 heterocycles. The van der Waals surface area contributed by atoms with Crippen molar-refractivity contribution in [2.24, 2.45) is 0 Å². The van der Waals surface area contributed by atoms with Crippen LogP contribution in [0.15, 0.2) is 9.90 Å². The van der Waals surface area contributed by atoms with E-state index < -0.39 is 0 Å². The molecule has 84 valence electrons. The molecular weight excluding hydrogens is 224 g/mol. The van der Waals surface area contributed by atoms with E-state index in [0.29, 0.717) is 23.4 Å². The van der Waals surface area contributed by atoms with Gasteiger partial charge in [0.1, 0.15) is 0 Å². The Morgan fingerprint density at radius 2 is 2.31 bits per heavy atom. The lowest BCUT2D eigenvalue weighted by Crippen LogP contribution is -2.10. The zero-order valence-electron chi connectivity index (χ0n) is 8.72. The van der Waals surface area contributed by atoms with E-state index >= 15 is 0 Å². The molecule has 5 nitrogen and oxygen atoms in total. The van der Waals surface area contributed by atoms with E-state index in [2.05, 4.69) is 15.1 Å². The number of nitrogens with two attached hydrogens (primary N) is 1. The van der Waals surface area contributed by atoms with Gasteiger partial charge in [-0.2, -0.15) is 4.98 Å². The summed E-state index contributed by atoms with van der Waals surface area (Å²) in [5.41, 5.74) is 6.45. The highest BCUT2D eigenvalue weighted by Gasteiger charge is 2.24. The molecule has 2 aromatic rings. The van der Waals surface area contributed by atoms with Gasteiger partial charge in [0, 0.05) is 11.3 Å². The van der Waals surface area contributed by atoms with E-state index in [0.717, 1.165) is 11.5 Å². The van der Waals surface area contributed by atoms with Crippen LogP contribution in [0.1, 0.15) is 42.6 Å². The summed E-state index contributed by atoms with van der Waals surface area (Å²) in [6, 6.07) is 0. The molecule has 1 saturated carbocycles. The minimum Gasteiger partial charge on any atom is -0.375 e. The maximum Gasteiger partial charge on any atom is 0.232 e. The van der Waals surface area contributed by atoms with Gasteiger partial charge in [0.25, 0.3) is 0 Å². The third kappa shape index (κ3) is 1.80. The SMILES string of the molecule is Nc1nc(Cc2nc(C3CCC3)no2)cs1. The van der Waals surface area contributed by atoms with Crippen molar-refractivity contribution in [1.82, 2.24) is 15.1 Å². The quantitative estimate of drug-likeness (QED) is 0.881. The highest BCUT2D eigenvalue weighted by Crippen LogP contribution is 2.34. The number of hydrogen-bond donors (Lipinski definition) is 1. The van der Waals surface area contributed by atoms with Crippen molar-refractivity contribution >= 4 is 16.5 Å². The molecular formula is C10H12N4OS. The van der Waals surface area contributed by atoms with E-state index in [-0.39, 0.29) is 0 Å². The van der Waals surface area contributed by atoms with Gasteiger partial charge in [0.15, 0.2) is 11.0 Å². The van der Waals surface area contributed by atoms with Crippen molar-refractivity contribution in [2.75, 3.05) is 5.73 Å². The standard InChI is InChI=1S/C10H12N4OS/c11-10-12-7(5-16-10)4-8-13-9(14-15-8)6-2-1-3-6/h5-6H,1-4H2,(H2,11,12). The van der Waals surface area contributed by atoms with E-state index in [1.807, 2.05) is 5.38 Å². The Bertz CT molecular complexity index is 488. The summed E-state index contributed by atoms with van der Waals surface area (Å²) in [5, 5.41) is 6.50. The monoisotopic (exact) mass is 236 g/mol. The van der Waals surface area contributed by atoms with Crippen molar-refractivity contribution in [3.8, 4) is 0 Å². The Morgan fingerprint density at radius 3 is 2.94 bits per heavy atom. The summed E-state index contributed by atoms with van der Waals surface area (Å²) in [5.74, 6) is 2.00. The molecule has 2 aromatic heterocycles. The molecule has 2 N–H and O–H groups in total. The Morgan fingerprint density at radius 1 is 1.44 bits per heavy atom. The molecule has 0 spiro atoms. The van der Waals surface area contributed by atoms with E-state index in [4.69, 9.17) is 10.3 Å². The summed E-state index contributed by atoms with van der Waals surface area (Å²) < 4.78 is 5.20. The van der Waals surface area contributed by atoms with Crippen LogP contribution in [0.4, 0.5) is 5.13 Å². The summed E-state index contributed by atoms with van der Waals surface area (Å²) in [6.07, 6.45) is 4.22. The molecule has 0 bridgehead atoms. The largest absolute Gasteiger partial charge is 0.375 e. The molecule has 1 aliphatic carbocycles. The fraction of sp³-hybridized carbons (Fsp3) is 0.500.